The van der Waals surface area contributed by atoms with Crippen molar-refractivity contribution < 1.29 is 0 Å². The average Bonchev–Trinajstić information content (AvgIpc) is 1.52. The van der Waals surface area contributed by atoms with Gasteiger partial charge >= 0.3 is 0 Å². The van der Waals surface area contributed by atoms with Gasteiger partial charge in [0.15, 0.2) is 34.9 Å². The first-order chi connectivity index (χ1) is 45.6. The first-order valence-electron chi connectivity index (χ1n) is 30.7. The Labute approximate surface area is 529 Å². The van der Waals surface area contributed by atoms with E-state index < -0.39 is 0 Å². The zero-order valence-corrected chi connectivity index (χ0v) is 49.5. The molecule has 6 heterocycles. The quantitative estimate of drug-likeness (QED) is 0.119. The number of aromatic nitrogens is 10. The zero-order valence-electron chi connectivity index (χ0n) is 49.5. The van der Waals surface area contributed by atoms with Crippen LogP contribution in [0.3, 0.4) is 0 Å². The fourth-order valence-corrected chi connectivity index (χ4v) is 12.7. The summed E-state index contributed by atoms with van der Waals surface area (Å²) in [5, 5.41) is 4.22. The van der Waals surface area contributed by atoms with Crippen LogP contribution in [0, 0.1) is 0 Å². The van der Waals surface area contributed by atoms with E-state index in [2.05, 4.69) is 191 Å². The van der Waals surface area contributed by atoms with Gasteiger partial charge in [0.05, 0.1) is 56.2 Å². The lowest BCUT2D eigenvalue weighted by atomic mass is 10.0. The Morgan fingerprint density at radius 1 is 0.185 bits per heavy atom. The third-order valence-electron chi connectivity index (χ3n) is 17.0. The van der Waals surface area contributed by atoms with Gasteiger partial charge in [-0.05, 0) is 72.8 Å². The number of para-hydroxylation sites is 2. The van der Waals surface area contributed by atoms with Gasteiger partial charge in [-0.1, -0.05) is 243 Å². The minimum absolute atomic E-state index is 0.452. The van der Waals surface area contributed by atoms with Crippen LogP contribution in [0.1, 0.15) is 0 Å². The van der Waals surface area contributed by atoms with Gasteiger partial charge in [0.2, 0.25) is 0 Å². The highest BCUT2D eigenvalue weighted by atomic mass is 15.1. The van der Waals surface area contributed by atoms with Gasteiger partial charge in [-0.3, -0.25) is 0 Å². The van der Waals surface area contributed by atoms with E-state index in [-0.39, 0.29) is 0 Å². The van der Waals surface area contributed by atoms with Crippen LogP contribution in [-0.2, 0) is 0 Å². The van der Waals surface area contributed by atoms with E-state index in [0.29, 0.717) is 40.5 Å². The van der Waals surface area contributed by atoms with E-state index >= 15 is 0 Å². The Morgan fingerprint density at radius 3 is 0.913 bits per heavy atom. The molecule has 10 heteroatoms. The van der Waals surface area contributed by atoms with E-state index in [1.807, 2.05) is 133 Å². The first-order valence-corrected chi connectivity index (χ1v) is 30.7. The molecule has 92 heavy (non-hydrogen) atoms. The van der Waals surface area contributed by atoms with Crippen molar-refractivity contribution in [1.29, 1.82) is 0 Å². The van der Waals surface area contributed by atoms with E-state index in [4.69, 9.17) is 39.9 Å². The maximum absolute atomic E-state index is 5.59. The van der Waals surface area contributed by atoms with Crippen molar-refractivity contribution in [3.8, 4) is 125 Å². The van der Waals surface area contributed by atoms with Gasteiger partial charge in [-0.2, -0.15) is 0 Å². The molecule has 0 aliphatic heterocycles. The Hall–Kier alpha value is -12.7. The maximum Gasteiger partial charge on any atom is 0.166 e. The molecular weight excluding hydrogens is 1120 g/mol. The molecule has 0 radical (unpaired) electrons. The van der Waals surface area contributed by atoms with Gasteiger partial charge in [0.1, 0.15) is 0 Å². The predicted octanol–water partition coefficient (Wildman–Crippen LogP) is 19.7. The first kappa shape index (κ1) is 53.6. The molecule has 0 aliphatic rings. The van der Waals surface area contributed by atoms with E-state index in [9.17, 15) is 0 Å². The van der Waals surface area contributed by atoms with Gasteiger partial charge in [0, 0.05) is 77.2 Å². The van der Waals surface area contributed by atoms with Crippen LogP contribution in [0.5, 0.6) is 0 Å². The molecule has 0 bridgehead atoms. The van der Waals surface area contributed by atoms with Crippen LogP contribution in [0.15, 0.2) is 315 Å². The van der Waals surface area contributed by atoms with Crippen LogP contribution >= 0.6 is 0 Å². The second-order valence-corrected chi connectivity index (χ2v) is 22.7. The smallest absolute Gasteiger partial charge is 0.166 e. The van der Waals surface area contributed by atoms with Crippen molar-refractivity contribution >= 4 is 43.6 Å². The summed E-state index contributed by atoms with van der Waals surface area (Å²) in [6.45, 7) is 0. The Balaban J connectivity index is 1.01. The van der Waals surface area contributed by atoms with Gasteiger partial charge in [-0.25, -0.2) is 39.9 Å². The lowest BCUT2D eigenvalue weighted by molar-refractivity contribution is 1.04. The van der Waals surface area contributed by atoms with Gasteiger partial charge < -0.3 is 9.13 Å². The number of hydrogen-bond acceptors (Lipinski definition) is 8. The molecule has 0 aliphatic carbocycles. The van der Waals surface area contributed by atoms with Gasteiger partial charge in [-0.15, -0.1) is 0 Å². The van der Waals surface area contributed by atoms with Crippen LogP contribution in [0.2, 0.25) is 0 Å². The normalized spacial score (nSPS) is 11.5. The monoisotopic (exact) mass is 1180 g/mol. The lowest BCUT2D eigenvalue weighted by Crippen LogP contribution is -2.09. The number of hydrogen-bond donors (Lipinski definition) is 0. The van der Waals surface area contributed by atoms with E-state index in [0.717, 1.165) is 128 Å². The second-order valence-electron chi connectivity index (χ2n) is 22.7. The van der Waals surface area contributed by atoms with Crippen molar-refractivity contribution in [1.82, 2.24) is 49.0 Å². The van der Waals surface area contributed by atoms with Crippen LogP contribution in [0.25, 0.3) is 168 Å². The third kappa shape index (κ3) is 9.72. The molecule has 0 saturated carbocycles. The summed E-state index contributed by atoms with van der Waals surface area (Å²) in [7, 11) is 0. The van der Waals surface area contributed by atoms with Crippen molar-refractivity contribution in [3.63, 3.8) is 0 Å². The van der Waals surface area contributed by atoms with Crippen LogP contribution in [0.4, 0.5) is 0 Å². The molecule has 17 aromatic rings. The molecule has 0 N–H and O–H groups in total. The zero-order chi connectivity index (χ0) is 60.9. The fraction of sp³-hybridized carbons (Fsp3) is 0. The minimum Gasteiger partial charge on any atom is -0.307 e. The lowest BCUT2D eigenvalue weighted by Gasteiger charge is -2.22. The molecule has 0 spiro atoms. The minimum atomic E-state index is 0.452. The maximum atomic E-state index is 5.59. The summed E-state index contributed by atoms with van der Waals surface area (Å²) < 4.78 is 4.80. The van der Waals surface area contributed by atoms with Crippen LogP contribution in [-0.4, -0.2) is 49.0 Å². The highest BCUT2D eigenvalue weighted by Gasteiger charge is 2.28. The topological polar surface area (TPSA) is 113 Å². The highest BCUT2D eigenvalue weighted by molar-refractivity contribution is 6.14. The number of pyridine rings is 2. The molecule has 11 aromatic carbocycles. The second kappa shape index (κ2) is 22.8. The molecule has 430 valence electrons. The average molecular weight is 1180 g/mol. The molecule has 6 aromatic heterocycles. The van der Waals surface area contributed by atoms with E-state index in [1.54, 1.807) is 0 Å². The summed E-state index contributed by atoms with van der Waals surface area (Å²) in [6.07, 6.45) is 0. The molecule has 0 amide bonds. The van der Waals surface area contributed by atoms with Crippen molar-refractivity contribution in [3.05, 3.63) is 315 Å². The molecule has 17 rings (SSSR count). The Kier molecular flexibility index (Phi) is 13.3. The van der Waals surface area contributed by atoms with Crippen molar-refractivity contribution in [2.24, 2.45) is 0 Å². The summed E-state index contributed by atoms with van der Waals surface area (Å²) in [5.41, 5.74) is 18.1. The largest absolute Gasteiger partial charge is 0.307 e. The van der Waals surface area contributed by atoms with Crippen molar-refractivity contribution in [2.45, 2.75) is 0 Å². The molecule has 10 nitrogen and oxygen atoms in total. The third-order valence-corrected chi connectivity index (χ3v) is 17.0. The fourth-order valence-electron chi connectivity index (χ4n) is 12.7. The Bertz CT molecular complexity index is 5500. The number of fused-ring (bicyclic) bond motifs is 6. The Morgan fingerprint density at radius 2 is 0.500 bits per heavy atom. The van der Waals surface area contributed by atoms with E-state index in [1.165, 1.54) is 0 Å². The summed E-state index contributed by atoms with van der Waals surface area (Å²) >= 11 is 0. The van der Waals surface area contributed by atoms with Gasteiger partial charge in [0.25, 0.3) is 0 Å². The number of rotatable bonds is 12. The number of benzene rings is 11. The molecule has 0 saturated heterocycles. The SMILES string of the molecule is c1ccc(-c2cccc(-c3ccc4c(c3)c3ccccc3n4-c3cc(-c4nc(-c5ccccc5)nc(-c5ccccc5)n4)cc(-c4nc(-c5ccccc5)nc(-c5ccccc5)n4)c3-n3c4ccccc4c4cc(-c5cccc(-c6ccccc6)n5)ccc43)n2)cc1. The number of nitrogens with zero attached hydrogens (tertiary/aromatic N) is 10. The standard InChI is InChI=1S/C82H52N10/c1-7-25-53(26-8-1)67-39-23-41-69(83-67)59-45-47-73-64(49-59)62-37-19-21-43-71(62)91(73)75-52-61(81-87-77(55-29-11-3-12-30-55)85-78(88-81)56-31-13-4-14-32-56)51-66(82-89-79(57-33-15-5-16-34-57)86-80(90-82)58-35-17-6-18-36-58)76(75)92-72-44-22-20-38-63(72)65-50-60(46-48-74(65)92)70-42-24-40-68(84-70)54-27-9-2-10-28-54/h1-52H. The summed E-state index contributed by atoms with van der Waals surface area (Å²) in [5.74, 6) is 3.05. The molecular formula is C82H52N10. The predicted molar refractivity (Wildman–Crippen MR) is 372 cm³/mol. The molecule has 0 fully saturated rings. The van der Waals surface area contributed by atoms with Crippen LogP contribution < -0.4 is 0 Å². The summed E-state index contributed by atoms with van der Waals surface area (Å²) in [4.78, 5) is 43.0. The molecule has 0 unspecified atom stereocenters. The summed E-state index contributed by atoms with van der Waals surface area (Å²) in [6, 6.07) is 109. The molecule has 0 atom stereocenters. The highest BCUT2D eigenvalue weighted by Crippen LogP contribution is 2.46. The van der Waals surface area contributed by atoms with Crippen molar-refractivity contribution in [2.75, 3.05) is 0 Å².